The molecule has 3 rings (SSSR count). The van der Waals surface area contributed by atoms with E-state index < -0.39 is 0 Å². The maximum absolute atomic E-state index is 12.7. The van der Waals surface area contributed by atoms with E-state index in [0.29, 0.717) is 29.5 Å². The predicted octanol–water partition coefficient (Wildman–Crippen LogP) is 2.86. The highest BCUT2D eigenvalue weighted by atomic mass is 35.5. The maximum atomic E-state index is 12.7. The number of hydrogen-bond acceptors (Lipinski definition) is 3. The van der Waals surface area contributed by atoms with Gasteiger partial charge in [-0.15, -0.1) is 12.4 Å². The van der Waals surface area contributed by atoms with Gasteiger partial charge in [-0.25, -0.2) is 0 Å². The smallest absolute Gasteiger partial charge is 0.254 e. The van der Waals surface area contributed by atoms with E-state index in [2.05, 4.69) is 0 Å². The highest BCUT2D eigenvalue weighted by Gasteiger charge is 2.27. The Hall–Kier alpha value is -1.75. The highest BCUT2D eigenvalue weighted by Crippen LogP contribution is 2.23. The van der Waals surface area contributed by atoms with Crippen LogP contribution in [0.3, 0.4) is 0 Å². The fourth-order valence-electron chi connectivity index (χ4n) is 3.73. The average molecular weight is 366 g/mol. The Morgan fingerprint density at radius 2 is 1.92 bits per heavy atom. The molecular weight excluding hydrogens is 338 g/mol. The number of hydrogen-bond donors (Lipinski definition) is 1. The summed E-state index contributed by atoms with van der Waals surface area (Å²) in [5, 5.41) is 0. The number of nitrogen functional groups attached to an aromatic ring is 1. The Balaban J connectivity index is 0.00000225. The third-order valence-electron chi connectivity index (χ3n) is 5.29. The molecule has 0 spiro atoms. The molecule has 0 radical (unpaired) electrons. The van der Waals surface area contributed by atoms with Crippen LogP contribution in [0, 0.1) is 12.8 Å². The molecule has 0 saturated carbocycles. The molecule has 2 aliphatic rings. The van der Waals surface area contributed by atoms with Crippen molar-refractivity contribution in [3.05, 3.63) is 29.3 Å². The lowest BCUT2D eigenvalue weighted by Gasteiger charge is -2.36. The number of benzene rings is 1. The standard InChI is InChI=1S/C19H27N3O2.ClH/c1-14-5-6-16(20)12-17(14)19(24)21-10-7-15(8-11-21)13-22-9-3-2-4-18(22)23;/h5-6,12,15H,2-4,7-11,13,20H2,1H3;1H. The molecule has 2 fully saturated rings. The van der Waals surface area contributed by atoms with Gasteiger partial charge in [-0.3, -0.25) is 9.59 Å². The fraction of sp³-hybridized carbons (Fsp3) is 0.579. The van der Waals surface area contributed by atoms with Crippen molar-refractivity contribution < 1.29 is 9.59 Å². The van der Waals surface area contributed by atoms with Crippen molar-refractivity contribution in [2.24, 2.45) is 5.92 Å². The summed E-state index contributed by atoms with van der Waals surface area (Å²) in [5.74, 6) is 0.889. The number of carbonyl (C=O) groups excluding carboxylic acids is 2. The molecule has 5 nitrogen and oxygen atoms in total. The SMILES string of the molecule is Cc1ccc(N)cc1C(=O)N1CCC(CN2CCCCC2=O)CC1.Cl. The van der Waals surface area contributed by atoms with Gasteiger partial charge in [-0.05, 0) is 56.2 Å². The van der Waals surface area contributed by atoms with Crippen LogP contribution in [0.1, 0.15) is 48.0 Å². The molecule has 0 aromatic heterocycles. The van der Waals surface area contributed by atoms with E-state index in [1.165, 1.54) is 0 Å². The molecule has 2 amide bonds. The Morgan fingerprint density at radius 1 is 1.20 bits per heavy atom. The van der Waals surface area contributed by atoms with Gasteiger partial charge in [0.25, 0.3) is 5.91 Å². The fourth-order valence-corrected chi connectivity index (χ4v) is 3.73. The van der Waals surface area contributed by atoms with Gasteiger partial charge in [0.1, 0.15) is 0 Å². The molecular formula is C19H28ClN3O2. The Morgan fingerprint density at radius 3 is 2.60 bits per heavy atom. The predicted molar refractivity (Wildman–Crippen MR) is 102 cm³/mol. The molecule has 2 aliphatic heterocycles. The first-order chi connectivity index (χ1) is 11.5. The van der Waals surface area contributed by atoms with Crippen LogP contribution in [0.5, 0.6) is 0 Å². The van der Waals surface area contributed by atoms with Crippen molar-refractivity contribution in [3.63, 3.8) is 0 Å². The molecule has 2 heterocycles. The molecule has 0 atom stereocenters. The summed E-state index contributed by atoms with van der Waals surface area (Å²) < 4.78 is 0. The number of anilines is 1. The second kappa shape index (κ2) is 8.56. The highest BCUT2D eigenvalue weighted by molar-refractivity contribution is 5.96. The van der Waals surface area contributed by atoms with Crippen LogP contribution in [-0.2, 0) is 4.79 Å². The first-order valence-corrected chi connectivity index (χ1v) is 8.98. The van der Waals surface area contributed by atoms with E-state index in [-0.39, 0.29) is 18.3 Å². The van der Waals surface area contributed by atoms with Crippen molar-refractivity contribution in [2.75, 3.05) is 31.9 Å². The zero-order chi connectivity index (χ0) is 17.1. The van der Waals surface area contributed by atoms with E-state index in [1.54, 1.807) is 6.07 Å². The Bertz CT molecular complexity index is 627. The van der Waals surface area contributed by atoms with E-state index in [0.717, 1.165) is 57.4 Å². The van der Waals surface area contributed by atoms with Gasteiger partial charge in [0, 0.05) is 43.9 Å². The second-order valence-electron chi connectivity index (χ2n) is 7.11. The molecule has 1 aromatic carbocycles. The normalized spacial score (nSPS) is 18.8. The lowest BCUT2D eigenvalue weighted by molar-refractivity contribution is -0.134. The molecule has 1 aromatic rings. The molecule has 0 aliphatic carbocycles. The third kappa shape index (κ3) is 4.66. The minimum atomic E-state index is 0. The summed E-state index contributed by atoms with van der Waals surface area (Å²) in [7, 11) is 0. The van der Waals surface area contributed by atoms with Crippen LogP contribution in [0.2, 0.25) is 0 Å². The minimum absolute atomic E-state index is 0. The largest absolute Gasteiger partial charge is 0.399 e. The molecule has 0 bridgehead atoms. The number of amides is 2. The molecule has 0 unspecified atom stereocenters. The number of rotatable bonds is 3. The minimum Gasteiger partial charge on any atom is -0.399 e. The first-order valence-electron chi connectivity index (χ1n) is 8.98. The number of halogens is 1. The van der Waals surface area contributed by atoms with E-state index in [9.17, 15) is 9.59 Å². The number of nitrogens with two attached hydrogens (primary N) is 1. The van der Waals surface area contributed by atoms with Crippen molar-refractivity contribution in [1.29, 1.82) is 0 Å². The maximum Gasteiger partial charge on any atom is 0.254 e. The van der Waals surface area contributed by atoms with Gasteiger partial charge in [0.05, 0.1) is 0 Å². The van der Waals surface area contributed by atoms with Crippen molar-refractivity contribution in [2.45, 2.75) is 39.0 Å². The van der Waals surface area contributed by atoms with E-state index in [4.69, 9.17) is 5.73 Å². The summed E-state index contributed by atoms with van der Waals surface area (Å²) >= 11 is 0. The average Bonchev–Trinajstić information content (AvgIpc) is 2.59. The summed E-state index contributed by atoms with van der Waals surface area (Å²) in [6.07, 6.45) is 4.79. The molecule has 138 valence electrons. The van der Waals surface area contributed by atoms with Crippen molar-refractivity contribution in [1.82, 2.24) is 9.80 Å². The quantitative estimate of drug-likeness (QED) is 0.837. The summed E-state index contributed by atoms with van der Waals surface area (Å²) in [6, 6.07) is 5.50. The molecule has 2 saturated heterocycles. The van der Waals surface area contributed by atoms with Gasteiger partial charge in [-0.2, -0.15) is 0 Å². The molecule has 2 N–H and O–H groups in total. The number of aryl methyl sites for hydroxylation is 1. The zero-order valence-electron chi connectivity index (χ0n) is 14.9. The van der Waals surface area contributed by atoms with E-state index >= 15 is 0 Å². The summed E-state index contributed by atoms with van der Waals surface area (Å²) in [4.78, 5) is 28.6. The van der Waals surface area contributed by atoms with Crippen molar-refractivity contribution >= 4 is 29.9 Å². The monoisotopic (exact) mass is 365 g/mol. The topological polar surface area (TPSA) is 66.6 Å². The number of piperidine rings is 2. The second-order valence-corrected chi connectivity index (χ2v) is 7.11. The number of carbonyl (C=O) groups is 2. The third-order valence-corrected chi connectivity index (χ3v) is 5.29. The van der Waals surface area contributed by atoms with Crippen molar-refractivity contribution in [3.8, 4) is 0 Å². The van der Waals surface area contributed by atoms with E-state index in [1.807, 2.05) is 28.9 Å². The molecule has 25 heavy (non-hydrogen) atoms. The Labute approximate surface area is 155 Å². The first kappa shape index (κ1) is 19.6. The van der Waals surface area contributed by atoms with Crippen LogP contribution < -0.4 is 5.73 Å². The van der Waals surface area contributed by atoms with Crippen LogP contribution in [-0.4, -0.2) is 47.8 Å². The summed E-state index contributed by atoms with van der Waals surface area (Å²) in [5.41, 5.74) is 8.13. The van der Waals surface area contributed by atoms with Gasteiger partial charge in [0.15, 0.2) is 0 Å². The number of likely N-dealkylation sites (tertiary alicyclic amines) is 2. The van der Waals surface area contributed by atoms with Crippen LogP contribution >= 0.6 is 12.4 Å². The molecule has 6 heteroatoms. The van der Waals surface area contributed by atoms with Crippen LogP contribution in [0.15, 0.2) is 18.2 Å². The van der Waals surface area contributed by atoms with Gasteiger partial charge in [-0.1, -0.05) is 6.07 Å². The summed E-state index contributed by atoms with van der Waals surface area (Å²) in [6.45, 7) is 5.24. The Kier molecular flexibility index (Phi) is 6.71. The number of nitrogens with zero attached hydrogens (tertiary/aromatic N) is 2. The van der Waals surface area contributed by atoms with Crippen LogP contribution in [0.4, 0.5) is 5.69 Å². The van der Waals surface area contributed by atoms with Crippen LogP contribution in [0.25, 0.3) is 0 Å². The van der Waals surface area contributed by atoms with Gasteiger partial charge < -0.3 is 15.5 Å². The van der Waals surface area contributed by atoms with Gasteiger partial charge in [0.2, 0.25) is 5.91 Å². The lowest BCUT2D eigenvalue weighted by Crippen LogP contribution is -2.44. The van der Waals surface area contributed by atoms with Gasteiger partial charge >= 0.3 is 0 Å². The zero-order valence-corrected chi connectivity index (χ0v) is 15.7. The lowest BCUT2D eigenvalue weighted by atomic mass is 9.94.